The number of aliphatic hydroxyl groups is 1. The molecule has 0 amide bonds. The monoisotopic (exact) mass is 401 g/mol. The highest BCUT2D eigenvalue weighted by Crippen LogP contribution is 2.24. The molecule has 0 aliphatic rings. The van der Waals surface area contributed by atoms with Gasteiger partial charge in [-0.05, 0) is 48.4 Å². The Morgan fingerprint density at radius 3 is 2.74 bits per heavy atom. The third kappa shape index (κ3) is 6.14. The topological polar surface area (TPSA) is 65.9 Å². The lowest BCUT2D eigenvalue weighted by atomic mass is 9.99. The highest BCUT2D eigenvalue weighted by atomic mass is 32.1. The maximum Gasteiger partial charge on any atom is 0.387 e. The van der Waals surface area contributed by atoms with Gasteiger partial charge in [0.1, 0.15) is 17.2 Å². The predicted molar refractivity (Wildman–Crippen MR) is 99.7 cm³/mol. The molecule has 1 heterocycles. The molecule has 9 heteroatoms. The molecule has 2 rings (SSSR count). The SMILES string of the molecule is CCNC(=NCc1c(F)cccc1OC(F)F)NCC(C)(O)c1ccsc1. The van der Waals surface area contributed by atoms with Crippen LogP contribution in [-0.2, 0) is 12.1 Å². The number of hydrogen-bond donors (Lipinski definition) is 3. The van der Waals surface area contributed by atoms with Crippen LogP contribution in [0, 0.1) is 5.82 Å². The van der Waals surface area contributed by atoms with Gasteiger partial charge < -0.3 is 20.5 Å². The van der Waals surface area contributed by atoms with E-state index in [0.717, 1.165) is 11.6 Å². The van der Waals surface area contributed by atoms with Crippen molar-refractivity contribution in [3.63, 3.8) is 0 Å². The Kier molecular flexibility index (Phi) is 7.49. The van der Waals surface area contributed by atoms with E-state index in [1.807, 2.05) is 23.8 Å². The molecular weight excluding hydrogens is 379 g/mol. The maximum atomic E-state index is 14.0. The largest absolute Gasteiger partial charge is 0.434 e. The number of ether oxygens (including phenoxy) is 1. The van der Waals surface area contributed by atoms with E-state index in [9.17, 15) is 18.3 Å². The number of nitrogens with one attached hydrogen (secondary N) is 2. The van der Waals surface area contributed by atoms with Gasteiger partial charge in [-0.3, -0.25) is 0 Å². The molecule has 27 heavy (non-hydrogen) atoms. The molecule has 5 nitrogen and oxygen atoms in total. The third-order valence-corrected chi connectivity index (χ3v) is 4.46. The van der Waals surface area contributed by atoms with Crippen molar-refractivity contribution in [1.82, 2.24) is 10.6 Å². The van der Waals surface area contributed by atoms with Gasteiger partial charge in [-0.1, -0.05) is 6.07 Å². The van der Waals surface area contributed by atoms with Crippen molar-refractivity contribution in [3.05, 3.63) is 52.0 Å². The van der Waals surface area contributed by atoms with Crippen molar-refractivity contribution in [3.8, 4) is 5.75 Å². The number of guanidine groups is 1. The smallest absolute Gasteiger partial charge is 0.387 e. The lowest BCUT2D eigenvalue weighted by Gasteiger charge is -2.24. The fourth-order valence-corrected chi connectivity index (χ4v) is 3.11. The van der Waals surface area contributed by atoms with E-state index < -0.39 is 18.0 Å². The van der Waals surface area contributed by atoms with E-state index in [1.54, 1.807) is 6.92 Å². The summed E-state index contributed by atoms with van der Waals surface area (Å²) in [4.78, 5) is 4.22. The summed E-state index contributed by atoms with van der Waals surface area (Å²) in [5.41, 5.74) is -0.435. The highest BCUT2D eigenvalue weighted by Gasteiger charge is 2.23. The summed E-state index contributed by atoms with van der Waals surface area (Å²) in [5, 5.41) is 20.2. The fourth-order valence-electron chi connectivity index (χ4n) is 2.33. The van der Waals surface area contributed by atoms with Crippen LogP contribution in [0.3, 0.4) is 0 Å². The standard InChI is InChI=1S/C18H22F3N3O2S/c1-3-22-17(24-11-18(2,25)12-7-8-27-10-12)23-9-13-14(19)5-4-6-15(13)26-16(20)21/h4-8,10,16,25H,3,9,11H2,1-2H3,(H2,22,23,24). The van der Waals surface area contributed by atoms with Crippen LogP contribution in [0.15, 0.2) is 40.0 Å². The normalized spacial score (nSPS) is 14.1. The van der Waals surface area contributed by atoms with Gasteiger partial charge >= 0.3 is 6.61 Å². The molecule has 0 spiro atoms. The Bertz CT molecular complexity index is 752. The Morgan fingerprint density at radius 2 is 2.11 bits per heavy atom. The van der Waals surface area contributed by atoms with Crippen molar-refractivity contribution >= 4 is 17.3 Å². The molecular formula is C18H22F3N3O2S. The van der Waals surface area contributed by atoms with Crippen LogP contribution in [0.4, 0.5) is 13.2 Å². The van der Waals surface area contributed by atoms with E-state index in [2.05, 4.69) is 20.4 Å². The summed E-state index contributed by atoms with van der Waals surface area (Å²) in [6.07, 6.45) is 0. The van der Waals surface area contributed by atoms with Crippen molar-refractivity contribution < 1.29 is 23.0 Å². The van der Waals surface area contributed by atoms with Crippen molar-refractivity contribution in [2.45, 2.75) is 32.6 Å². The first-order valence-corrected chi connectivity index (χ1v) is 9.27. The average Bonchev–Trinajstić information content (AvgIpc) is 3.14. The van der Waals surface area contributed by atoms with Gasteiger partial charge in [0.2, 0.25) is 0 Å². The maximum absolute atomic E-state index is 14.0. The number of aliphatic imine (C=N–C) groups is 1. The minimum Gasteiger partial charge on any atom is -0.434 e. The molecule has 1 aromatic heterocycles. The molecule has 0 bridgehead atoms. The Hall–Kier alpha value is -2.26. The molecule has 0 radical (unpaired) electrons. The number of benzene rings is 1. The van der Waals surface area contributed by atoms with Gasteiger partial charge in [-0.15, -0.1) is 0 Å². The van der Waals surface area contributed by atoms with Gasteiger partial charge in [0.25, 0.3) is 0 Å². The number of thiophene rings is 1. The Balaban J connectivity index is 2.12. The van der Waals surface area contributed by atoms with E-state index >= 15 is 0 Å². The molecule has 0 aliphatic carbocycles. The molecule has 0 aliphatic heterocycles. The minimum absolute atomic E-state index is 0.0698. The lowest BCUT2D eigenvalue weighted by molar-refractivity contribution is -0.0506. The number of nitrogens with zero attached hydrogens (tertiary/aromatic N) is 1. The number of hydrogen-bond acceptors (Lipinski definition) is 4. The highest BCUT2D eigenvalue weighted by molar-refractivity contribution is 7.08. The first-order valence-electron chi connectivity index (χ1n) is 8.33. The quantitative estimate of drug-likeness (QED) is 0.468. The summed E-state index contributed by atoms with van der Waals surface area (Å²) in [5.74, 6) is -0.618. The average molecular weight is 401 g/mol. The van der Waals surface area contributed by atoms with Gasteiger partial charge in [0, 0.05) is 6.54 Å². The zero-order valence-electron chi connectivity index (χ0n) is 15.0. The minimum atomic E-state index is -3.05. The zero-order valence-corrected chi connectivity index (χ0v) is 15.8. The molecule has 0 saturated carbocycles. The second-order valence-electron chi connectivity index (χ2n) is 5.93. The first-order chi connectivity index (χ1) is 12.8. The number of rotatable bonds is 8. The van der Waals surface area contributed by atoms with Crippen molar-refractivity contribution in [1.29, 1.82) is 0 Å². The molecule has 2 aromatic rings. The fraction of sp³-hybridized carbons (Fsp3) is 0.389. The van der Waals surface area contributed by atoms with E-state index in [-0.39, 0.29) is 24.4 Å². The first kappa shape index (κ1) is 21.0. The summed E-state index contributed by atoms with van der Waals surface area (Å²) >= 11 is 1.48. The molecule has 1 aromatic carbocycles. The number of alkyl halides is 2. The van der Waals surface area contributed by atoms with Crippen LogP contribution in [0.25, 0.3) is 0 Å². The summed E-state index contributed by atoms with van der Waals surface area (Å²) in [6.45, 7) is 0.948. The van der Waals surface area contributed by atoms with Crippen LogP contribution < -0.4 is 15.4 Å². The molecule has 0 saturated heterocycles. The summed E-state index contributed by atoms with van der Waals surface area (Å²) in [7, 11) is 0. The van der Waals surface area contributed by atoms with Crippen molar-refractivity contribution in [2.24, 2.45) is 4.99 Å². The molecule has 0 fully saturated rings. The van der Waals surface area contributed by atoms with E-state index in [1.165, 1.54) is 23.5 Å². The van der Waals surface area contributed by atoms with Gasteiger partial charge in [-0.2, -0.15) is 20.1 Å². The van der Waals surface area contributed by atoms with Crippen LogP contribution in [-0.4, -0.2) is 30.8 Å². The van der Waals surface area contributed by atoms with Crippen molar-refractivity contribution in [2.75, 3.05) is 13.1 Å². The predicted octanol–water partition coefficient (Wildman–Crippen LogP) is 3.45. The van der Waals surface area contributed by atoms with Gasteiger partial charge in [0.15, 0.2) is 5.96 Å². The van der Waals surface area contributed by atoms with Crippen LogP contribution >= 0.6 is 11.3 Å². The molecule has 148 valence electrons. The van der Waals surface area contributed by atoms with Crippen LogP contribution in [0.1, 0.15) is 25.0 Å². The Labute approximate surface area is 159 Å². The van der Waals surface area contributed by atoms with Crippen LogP contribution in [0.2, 0.25) is 0 Å². The lowest BCUT2D eigenvalue weighted by Crippen LogP contribution is -2.44. The van der Waals surface area contributed by atoms with Crippen LogP contribution in [0.5, 0.6) is 5.75 Å². The number of halogens is 3. The summed E-state index contributed by atoms with van der Waals surface area (Å²) in [6, 6.07) is 5.54. The molecule has 1 atom stereocenters. The molecule has 3 N–H and O–H groups in total. The zero-order chi connectivity index (χ0) is 19.9. The van der Waals surface area contributed by atoms with Gasteiger partial charge in [-0.25, -0.2) is 9.38 Å². The van der Waals surface area contributed by atoms with E-state index in [0.29, 0.717) is 12.5 Å². The third-order valence-electron chi connectivity index (χ3n) is 3.77. The Morgan fingerprint density at radius 1 is 1.33 bits per heavy atom. The second-order valence-corrected chi connectivity index (χ2v) is 6.71. The summed E-state index contributed by atoms with van der Waals surface area (Å²) < 4.78 is 43.4. The van der Waals surface area contributed by atoms with Gasteiger partial charge in [0.05, 0.1) is 18.7 Å². The van der Waals surface area contributed by atoms with E-state index in [4.69, 9.17) is 0 Å². The molecule has 1 unspecified atom stereocenters. The second kappa shape index (κ2) is 9.61.